The molecule has 1 heterocycles. The Morgan fingerprint density at radius 2 is 2.17 bits per heavy atom. The summed E-state index contributed by atoms with van der Waals surface area (Å²) in [6.45, 7) is 1.14. The van der Waals surface area contributed by atoms with Crippen LogP contribution in [0.4, 0.5) is 0 Å². The molecule has 5 heteroatoms. The Morgan fingerprint density at radius 1 is 1.44 bits per heavy atom. The molecule has 1 aromatic rings. The molecule has 5 nitrogen and oxygen atoms in total. The van der Waals surface area contributed by atoms with Gasteiger partial charge in [-0.25, -0.2) is 0 Å². The molecule has 1 saturated heterocycles. The normalized spacial score (nSPS) is 22.8. The molecule has 98 valence electrons. The van der Waals surface area contributed by atoms with Crippen molar-refractivity contribution in [1.29, 1.82) is 0 Å². The molecule has 0 aliphatic carbocycles. The maximum Gasteiger partial charge on any atom is 0.260 e. The SMILES string of the molecule is CN(C(=O)COc1ccccc1)[C@H]1CNC[C@@H]1O. The number of amides is 1. The molecule has 18 heavy (non-hydrogen) atoms. The highest BCUT2D eigenvalue weighted by molar-refractivity contribution is 5.78. The van der Waals surface area contributed by atoms with Crippen molar-refractivity contribution in [3.63, 3.8) is 0 Å². The summed E-state index contributed by atoms with van der Waals surface area (Å²) in [5.41, 5.74) is 0. The number of β-amino-alcohol motifs (C(OH)–C–C–N with tert-alkyl or cyclic N) is 1. The van der Waals surface area contributed by atoms with Crippen LogP contribution in [0.2, 0.25) is 0 Å². The molecule has 0 bridgehead atoms. The zero-order chi connectivity index (χ0) is 13.0. The Bertz CT molecular complexity index is 396. The molecule has 1 fully saturated rings. The molecule has 1 amide bonds. The van der Waals surface area contributed by atoms with E-state index < -0.39 is 6.10 Å². The number of ether oxygens (including phenoxy) is 1. The van der Waals surface area contributed by atoms with Gasteiger partial charge in [-0.15, -0.1) is 0 Å². The second kappa shape index (κ2) is 5.84. The van der Waals surface area contributed by atoms with Crippen LogP contribution in [0, 0.1) is 0 Å². The molecular formula is C13H18N2O3. The van der Waals surface area contributed by atoms with Crippen LogP contribution in [0.25, 0.3) is 0 Å². The zero-order valence-electron chi connectivity index (χ0n) is 10.4. The number of aliphatic hydroxyl groups is 1. The molecule has 0 radical (unpaired) electrons. The summed E-state index contributed by atoms with van der Waals surface area (Å²) in [4.78, 5) is 13.5. The standard InChI is InChI=1S/C13H18N2O3/c1-15(11-7-14-8-12(11)16)13(17)9-18-10-5-3-2-4-6-10/h2-6,11-12,14,16H,7-9H2,1H3/t11-,12-/m0/s1. The number of hydrogen-bond acceptors (Lipinski definition) is 4. The highest BCUT2D eigenvalue weighted by Gasteiger charge is 2.31. The lowest BCUT2D eigenvalue weighted by Crippen LogP contribution is -2.46. The summed E-state index contributed by atoms with van der Waals surface area (Å²) in [5.74, 6) is 0.538. The maximum atomic E-state index is 11.9. The van der Waals surface area contributed by atoms with Gasteiger partial charge in [0.25, 0.3) is 5.91 Å². The Morgan fingerprint density at radius 3 is 2.78 bits per heavy atom. The van der Waals surface area contributed by atoms with Crippen molar-refractivity contribution in [3.05, 3.63) is 30.3 Å². The summed E-state index contributed by atoms with van der Waals surface area (Å²) in [5, 5.41) is 12.7. The molecule has 1 aromatic carbocycles. The van der Waals surface area contributed by atoms with Gasteiger partial charge < -0.3 is 20.1 Å². The highest BCUT2D eigenvalue weighted by Crippen LogP contribution is 2.10. The Balaban J connectivity index is 1.84. The predicted molar refractivity (Wildman–Crippen MR) is 67.4 cm³/mol. The quantitative estimate of drug-likeness (QED) is 0.780. The Labute approximate surface area is 106 Å². The van der Waals surface area contributed by atoms with Gasteiger partial charge in [-0.2, -0.15) is 0 Å². The third-order valence-electron chi connectivity index (χ3n) is 3.15. The largest absolute Gasteiger partial charge is 0.484 e. The fourth-order valence-electron chi connectivity index (χ4n) is 1.99. The monoisotopic (exact) mass is 250 g/mol. The van der Waals surface area contributed by atoms with Crippen LogP contribution < -0.4 is 10.1 Å². The minimum atomic E-state index is -0.504. The molecule has 2 rings (SSSR count). The summed E-state index contributed by atoms with van der Waals surface area (Å²) in [6, 6.07) is 9.04. The summed E-state index contributed by atoms with van der Waals surface area (Å²) < 4.78 is 5.39. The van der Waals surface area contributed by atoms with E-state index in [-0.39, 0.29) is 18.6 Å². The lowest BCUT2D eigenvalue weighted by Gasteiger charge is -2.26. The van der Waals surface area contributed by atoms with Gasteiger partial charge >= 0.3 is 0 Å². The number of para-hydroxylation sites is 1. The molecule has 0 aromatic heterocycles. The number of hydrogen-bond donors (Lipinski definition) is 2. The first-order valence-electron chi connectivity index (χ1n) is 6.01. The average Bonchev–Trinajstić information content (AvgIpc) is 2.82. The number of aliphatic hydroxyl groups excluding tert-OH is 1. The number of benzene rings is 1. The van der Waals surface area contributed by atoms with Gasteiger partial charge in [-0.3, -0.25) is 4.79 Å². The Kier molecular flexibility index (Phi) is 4.17. The number of nitrogens with one attached hydrogen (secondary N) is 1. The molecule has 1 aliphatic rings. The van der Waals surface area contributed by atoms with Crippen LogP contribution in [-0.2, 0) is 4.79 Å². The first-order chi connectivity index (χ1) is 8.68. The van der Waals surface area contributed by atoms with Crippen molar-refractivity contribution in [2.45, 2.75) is 12.1 Å². The van der Waals surface area contributed by atoms with Gasteiger partial charge in [-0.1, -0.05) is 18.2 Å². The van der Waals surface area contributed by atoms with Crippen LogP contribution in [-0.4, -0.2) is 54.8 Å². The van der Waals surface area contributed by atoms with Crippen molar-refractivity contribution in [3.8, 4) is 5.75 Å². The minimum Gasteiger partial charge on any atom is -0.484 e. The fraction of sp³-hybridized carbons (Fsp3) is 0.462. The van der Waals surface area contributed by atoms with E-state index in [4.69, 9.17) is 4.74 Å². The van der Waals surface area contributed by atoms with Crippen LogP contribution in [0.5, 0.6) is 5.75 Å². The van der Waals surface area contributed by atoms with E-state index in [1.807, 2.05) is 18.2 Å². The van der Waals surface area contributed by atoms with E-state index in [1.54, 1.807) is 24.1 Å². The number of carbonyl (C=O) groups excluding carboxylic acids is 1. The molecule has 0 spiro atoms. The first-order valence-corrected chi connectivity index (χ1v) is 6.01. The van der Waals surface area contributed by atoms with Gasteiger partial charge in [0, 0.05) is 20.1 Å². The van der Waals surface area contributed by atoms with Crippen LogP contribution in [0.1, 0.15) is 0 Å². The third kappa shape index (κ3) is 3.00. The van der Waals surface area contributed by atoms with E-state index in [0.717, 1.165) is 0 Å². The third-order valence-corrected chi connectivity index (χ3v) is 3.15. The number of nitrogens with zero attached hydrogens (tertiary/aromatic N) is 1. The average molecular weight is 250 g/mol. The number of likely N-dealkylation sites (N-methyl/N-ethyl adjacent to an activating group) is 1. The molecule has 0 saturated carbocycles. The predicted octanol–water partition coefficient (Wildman–Crippen LogP) is -0.144. The fourth-order valence-corrected chi connectivity index (χ4v) is 1.99. The maximum absolute atomic E-state index is 11.9. The van der Waals surface area contributed by atoms with Crippen LogP contribution >= 0.6 is 0 Å². The van der Waals surface area contributed by atoms with Gasteiger partial charge in [0.15, 0.2) is 6.61 Å². The summed E-state index contributed by atoms with van der Waals surface area (Å²) in [6.07, 6.45) is -0.504. The first kappa shape index (κ1) is 12.9. The minimum absolute atomic E-state index is 0.0102. The van der Waals surface area contributed by atoms with Gasteiger partial charge in [0.1, 0.15) is 5.75 Å². The van der Waals surface area contributed by atoms with Crippen molar-refractivity contribution in [2.24, 2.45) is 0 Å². The molecule has 1 aliphatic heterocycles. The lowest BCUT2D eigenvalue weighted by atomic mass is 10.2. The second-order valence-electron chi connectivity index (χ2n) is 4.40. The van der Waals surface area contributed by atoms with E-state index in [2.05, 4.69) is 5.32 Å². The molecule has 2 atom stereocenters. The van der Waals surface area contributed by atoms with Crippen molar-refractivity contribution < 1.29 is 14.6 Å². The van der Waals surface area contributed by atoms with E-state index >= 15 is 0 Å². The molecule has 2 N–H and O–H groups in total. The van der Waals surface area contributed by atoms with E-state index in [0.29, 0.717) is 18.8 Å². The highest BCUT2D eigenvalue weighted by atomic mass is 16.5. The number of rotatable bonds is 4. The smallest absolute Gasteiger partial charge is 0.260 e. The van der Waals surface area contributed by atoms with Gasteiger partial charge in [-0.05, 0) is 12.1 Å². The van der Waals surface area contributed by atoms with Crippen LogP contribution in [0.3, 0.4) is 0 Å². The lowest BCUT2D eigenvalue weighted by molar-refractivity contribution is -0.135. The zero-order valence-corrected chi connectivity index (χ0v) is 10.4. The second-order valence-corrected chi connectivity index (χ2v) is 4.40. The van der Waals surface area contributed by atoms with Gasteiger partial charge in [0.05, 0.1) is 12.1 Å². The van der Waals surface area contributed by atoms with Crippen LogP contribution in [0.15, 0.2) is 30.3 Å². The summed E-state index contributed by atoms with van der Waals surface area (Å²) in [7, 11) is 1.69. The summed E-state index contributed by atoms with van der Waals surface area (Å²) >= 11 is 0. The van der Waals surface area contributed by atoms with Gasteiger partial charge in [0.2, 0.25) is 0 Å². The van der Waals surface area contributed by atoms with Crippen molar-refractivity contribution in [2.75, 3.05) is 26.7 Å². The molecule has 0 unspecified atom stereocenters. The number of carbonyl (C=O) groups is 1. The van der Waals surface area contributed by atoms with E-state index in [1.165, 1.54) is 0 Å². The molecular weight excluding hydrogens is 232 g/mol. The van der Waals surface area contributed by atoms with E-state index in [9.17, 15) is 9.90 Å². The Hall–Kier alpha value is -1.59. The van der Waals surface area contributed by atoms with Crippen molar-refractivity contribution in [1.82, 2.24) is 10.2 Å². The topological polar surface area (TPSA) is 61.8 Å². The van der Waals surface area contributed by atoms with Crippen molar-refractivity contribution >= 4 is 5.91 Å².